The third-order valence-corrected chi connectivity index (χ3v) is 12.8. The van der Waals surface area contributed by atoms with Gasteiger partial charge in [-0.15, -0.1) is 0 Å². The Morgan fingerprint density at radius 1 is 0.924 bits per heavy atom. The van der Waals surface area contributed by atoms with Crippen molar-refractivity contribution in [1.82, 2.24) is 10.0 Å². The Bertz CT molecular complexity index is 2160. The molecule has 9 atom stereocenters. The molecule has 0 aromatic heterocycles. The molecule has 0 saturated carbocycles. The van der Waals surface area contributed by atoms with E-state index in [9.17, 15) is 39.6 Å². The molecule has 0 aliphatic carbocycles. The summed E-state index contributed by atoms with van der Waals surface area (Å²) in [6.45, 7) is 21.4. The number of methoxy groups -OCH3 is 1. The molecule has 5 rings (SSSR count). The number of rotatable bonds is 13. The number of carbonyl (C=O) groups is 4. The van der Waals surface area contributed by atoms with Gasteiger partial charge in [0.1, 0.15) is 23.4 Å². The maximum absolute atomic E-state index is 14.7. The molecular weight excluding hydrogens is 851 g/mol. The minimum atomic E-state index is -2.04. The van der Waals surface area contributed by atoms with Gasteiger partial charge in [-0.3, -0.25) is 24.2 Å². The van der Waals surface area contributed by atoms with Crippen molar-refractivity contribution in [3.8, 4) is 23.0 Å². The molecule has 3 aliphatic rings. The molecule has 3 heterocycles. The van der Waals surface area contributed by atoms with Gasteiger partial charge in [0.25, 0.3) is 17.6 Å². The first kappa shape index (κ1) is 53.5. The van der Waals surface area contributed by atoms with Crippen molar-refractivity contribution in [2.24, 2.45) is 23.7 Å². The number of allylic oxidation sites excluding steroid dienone is 2. The number of nitrogens with zero attached hydrogens (tertiary/aromatic N) is 2. The fourth-order valence-electron chi connectivity index (χ4n) is 8.73. The second-order valence-electron chi connectivity index (χ2n) is 18.2. The number of unbranched alkanes of at least 4 members (excludes halogenated alkanes) is 2. The van der Waals surface area contributed by atoms with Crippen molar-refractivity contribution >= 4 is 40.0 Å². The molecule has 5 N–H and O–H groups in total. The Balaban J connectivity index is 1.94. The lowest BCUT2D eigenvalue weighted by Crippen LogP contribution is -2.52. The number of carbonyl (C=O) groups excluding carboxylic acids is 4. The lowest BCUT2D eigenvalue weighted by Gasteiger charge is -2.38. The Kier molecular flexibility index (Phi) is 18.7. The lowest BCUT2D eigenvalue weighted by atomic mass is 9.78. The first-order valence-corrected chi connectivity index (χ1v) is 23.1. The molecule has 16 heteroatoms. The SMILES string of the molecule is CCCCN(CCCC)N(C(=O)COc1cc2c(O)c3c(O)c(C)c4c(c13)C(=O)C(C)(O/C=C/C(OC)C(C)C(OC(C)=O)C(C)C(O)C(C)C(O)C(C)/C=C/C=C(\C)C(=O)N2)O4)C(C)C. The molecule has 66 heavy (non-hydrogen) atoms. The second-order valence-corrected chi connectivity index (χ2v) is 18.2. The van der Waals surface area contributed by atoms with Crippen molar-refractivity contribution < 1.29 is 63.3 Å². The summed E-state index contributed by atoms with van der Waals surface area (Å²) >= 11 is 0. The molecule has 2 aromatic rings. The number of aromatic hydroxyl groups is 2. The average Bonchev–Trinajstić information content (AvgIpc) is 3.54. The zero-order valence-electron chi connectivity index (χ0n) is 41.0. The number of phenolic OH excluding ortho intramolecular Hbond substituents is 2. The normalized spacial score (nSPS) is 28.1. The summed E-state index contributed by atoms with van der Waals surface area (Å²) in [4.78, 5) is 55.1. The number of amides is 2. The van der Waals surface area contributed by atoms with Gasteiger partial charge in [0, 0.05) is 86.3 Å². The first-order chi connectivity index (χ1) is 31.1. The summed E-state index contributed by atoms with van der Waals surface area (Å²) in [6.07, 6.45) is 7.20. The van der Waals surface area contributed by atoms with Gasteiger partial charge in [0.05, 0.1) is 41.2 Å². The van der Waals surface area contributed by atoms with E-state index in [1.807, 2.05) is 18.9 Å². The van der Waals surface area contributed by atoms with E-state index in [4.69, 9.17) is 23.7 Å². The van der Waals surface area contributed by atoms with Crippen molar-refractivity contribution in [3.63, 3.8) is 0 Å². The van der Waals surface area contributed by atoms with E-state index in [0.717, 1.165) is 25.7 Å². The highest BCUT2D eigenvalue weighted by molar-refractivity contribution is 6.21. The summed E-state index contributed by atoms with van der Waals surface area (Å²) in [6, 6.07) is 1.06. The van der Waals surface area contributed by atoms with Crippen LogP contribution in [0.15, 0.2) is 42.2 Å². The third-order valence-electron chi connectivity index (χ3n) is 12.8. The smallest absolute Gasteiger partial charge is 0.312 e. The van der Waals surface area contributed by atoms with E-state index in [2.05, 4.69) is 19.2 Å². The number of hydrogen-bond acceptors (Lipinski definition) is 14. The fourth-order valence-corrected chi connectivity index (χ4v) is 8.73. The van der Waals surface area contributed by atoms with Gasteiger partial charge >= 0.3 is 11.8 Å². The topological polar surface area (TPSA) is 214 Å². The predicted molar refractivity (Wildman–Crippen MR) is 251 cm³/mol. The summed E-state index contributed by atoms with van der Waals surface area (Å²) in [5.41, 5.74) is -0.00729. The summed E-state index contributed by atoms with van der Waals surface area (Å²) in [7, 11) is 1.44. The van der Waals surface area contributed by atoms with Gasteiger partial charge in [0.2, 0.25) is 0 Å². The molecule has 0 saturated heterocycles. The zero-order chi connectivity index (χ0) is 49.4. The van der Waals surface area contributed by atoms with Crippen molar-refractivity contribution in [3.05, 3.63) is 53.3 Å². The number of ketones is 1. The van der Waals surface area contributed by atoms with Gasteiger partial charge in [-0.25, -0.2) is 5.01 Å². The maximum Gasteiger partial charge on any atom is 0.312 e. The van der Waals surface area contributed by atoms with E-state index in [1.165, 1.54) is 52.4 Å². The quantitative estimate of drug-likeness (QED) is 0.0749. The minimum Gasteiger partial charge on any atom is -0.507 e. The number of benzene rings is 2. The Hall–Kier alpha value is -5.16. The third kappa shape index (κ3) is 11.7. The molecule has 3 aliphatic heterocycles. The highest BCUT2D eigenvalue weighted by Gasteiger charge is 2.50. The molecular formula is C50H73N3O13. The molecule has 16 nitrogen and oxygen atoms in total. The molecule has 0 spiro atoms. The predicted octanol–water partition coefficient (Wildman–Crippen LogP) is 7.48. The van der Waals surface area contributed by atoms with Crippen LogP contribution in [-0.2, 0) is 28.6 Å². The maximum atomic E-state index is 14.7. The lowest BCUT2D eigenvalue weighted by molar-refractivity contribution is -0.160. The molecule has 5 bridgehead atoms. The summed E-state index contributed by atoms with van der Waals surface area (Å²) in [5, 5.41) is 52.7. The number of ether oxygens (including phenoxy) is 5. The van der Waals surface area contributed by atoms with Gasteiger partial charge in [-0.05, 0) is 46.6 Å². The van der Waals surface area contributed by atoms with Crippen molar-refractivity contribution in [2.45, 2.75) is 145 Å². The van der Waals surface area contributed by atoms with Crippen LogP contribution < -0.4 is 14.8 Å². The Morgan fingerprint density at radius 3 is 2.14 bits per heavy atom. The monoisotopic (exact) mass is 924 g/mol. The molecule has 0 fully saturated rings. The van der Waals surface area contributed by atoms with Crippen LogP contribution in [0.1, 0.15) is 118 Å². The van der Waals surface area contributed by atoms with Crippen LogP contribution in [0.2, 0.25) is 0 Å². The van der Waals surface area contributed by atoms with Crippen LogP contribution in [0.25, 0.3) is 10.8 Å². The Morgan fingerprint density at radius 2 is 1.56 bits per heavy atom. The number of aliphatic hydroxyl groups excluding tert-OH is 2. The van der Waals surface area contributed by atoms with Crippen molar-refractivity contribution in [1.29, 1.82) is 0 Å². The van der Waals surface area contributed by atoms with Crippen LogP contribution in [0.4, 0.5) is 5.69 Å². The number of nitrogens with one attached hydrogen (secondary N) is 1. The number of fused-ring (bicyclic) bond motifs is 14. The summed E-state index contributed by atoms with van der Waals surface area (Å²) in [5.74, 6) is -8.07. The summed E-state index contributed by atoms with van der Waals surface area (Å²) < 4.78 is 30.2. The molecule has 0 radical (unpaired) electrons. The number of phenols is 2. The number of anilines is 1. The fraction of sp³-hybridized carbons (Fsp3) is 0.600. The average molecular weight is 924 g/mol. The van der Waals surface area contributed by atoms with Crippen LogP contribution in [0.3, 0.4) is 0 Å². The molecule has 2 amide bonds. The van der Waals surface area contributed by atoms with E-state index < -0.39 is 89.6 Å². The number of aliphatic hydroxyl groups is 2. The van der Waals surface area contributed by atoms with E-state index in [0.29, 0.717) is 13.1 Å². The van der Waals surface area contributed by atoms with E-state index in [1.54, 1.807) is 51.8 Å². The highest BCUT2D eigenvalue weighted by Crippen LogP contribution is 2.54. The van der Waals surface area contributed by atoms with Crippen LogP contribution in [0.5, 0.6) is 23.0 Å². The van der Waals surface area contributed by atoms with Crippen LogP contribution in [-0.4, -0.2) is 117 Å². The number of esters is 1. The molecule has 9 unspecified atom stereocenters. The highest BCUT2D eigenvalue weighted by atomic mass is 16.7. The number of hydrazine groups is 1. The van der Waals surface area contributed by atoms with E-state index in [-0.39, 0.29) is 56.6 Å². The number of Topliss-reactive ketones (excluding diaryl/α,β-unsaturated/α-hetero) is 1. The second kappa shape index (κ2) is 23.0. The molecule has 366 valence electrons. The number of hydrogen-bond donors (Lipinski definition) is 5. The van der Waals surface area contributed by atoms with Gasteiger partial charge in [-0.1, -0.05) is 72.6 Å². The largest absolute Gasteiger partial charge is 0.507 e. The molecule has 2 aromatic carbocycles. The van der Waals surface area contributed by atoms with Gasteiger partial charge < -0.3 is 49.4 Å². The van der Waals surface area contributed by atoms with E-state index >= 15 is 0 Å². The van der Waals surface area contributed by atoms with Crippen LogP contribution >= 0.6 is 0 Å². The van der Waals surface area contributed by atoms with Gasteiger partial charge in [-0.2, -0.15) is 0 Å². The first-order valence-electron chi connectivity index (χ1n) is 23.1. The van der Waals surface area contributed by atoms with Crippen LogP contribution in [0, 0.1) is 30.6 Å². The standard InChI is InChI=1S/C50H73N3O13/c1-14-16-22-52(23-17-15-2)53(27(3)4)38(55)26-63-37-25-35-45(59)40-39(37)41-47(33(10)44(40)58)66-50(12,48(41)60)64-24-21-36(62-13)30(7)46(65-34(11)54)32(9)43(57)31(8)42(56)28(5)19-18-20-29(6)49(61)51-35/h18-21,24-25,27-28,30-32,36,42-43,46,56-59H,14-17,22-23,26H2,1-13H3,(H,51,61)/b19-18+,24-21+,29-20+. The minimum absolute atomic E-state index is 0.0570. The van der Waals surface area contributed by atoms with Gasteiger partial charge in [0.15, 0.2) is 12.4 Å². The Labute approximate surface area is 389 Å². The van der Waals surface area contributed by atoms with Crippen molar-refractivity contribution in [2.75, 3.05) is 32.1 Å². The zero-order valence-corrected chi connectivity index (χ0v) is 41.0.